The molecule has 0 radical (unpaired) electrons. The van der Waals surface area contributed by atoms with E-state index in [4.69, 9.17) is 14.7 Å². The van der Waals surface area contributed by atoms with Gasteiger partial charge in [0, 0.05) is 11.3 Å². The van der Waals surface area contributed by atoms with E-state index in [0.717, 1.165) is 5.56 Å². The van der Waals surface area contributed by atoms with E-state index in [9.17, 15) is 19.8 Å². The van der Waals surface area contributed by atoms with Crippen LogP contribution in [0.4, 0.5) is 5.69 Å². The molecular weight excluding hydrogens is 472 g/mol. The smallest absolute Gasteiger partial charge is 0.300 e. The van der Waals surface area contributed by atoms with E-state index in [1.807, 2.05) is 19.9 Å². The summed E-state index contributed by atoms with van der Waals surface area (Å²) in [7, 11) is 0. The highest BCUT2D eigenvalue weighted by atomic mass is 16.5. The van der Waals surface area contributed by atoms with Crippen molar-refractivity contribution in [3.63, 3.8) is 0 Å². The molecule has 8 nitrogen and oxygen atoms in total. The number of ketones is 1. The van der Waals surface area contributed by atoms with Crippen molar-refractivity contribution >= 4 is 23.1 Å². The van der Waals surface area contributed by atoms with Gasteiger partial charge in [-0.25, -0.2) is 0 Å². The lowest BCUT2D eigenvalue weighted by molar-refractivity contribution is -0.132. The van der Waals surface area contributed by atoms with Crippen LogP contribution in [-0.4, -0.2) is 35.1 Å². The quantitative estimate of drug-likeness (QED) is 0.267. The van der Waals surface area contributed by atoms with E-state index in [-0.39, 0.29) is 29.4 Å². The molecule has 3 aromatic carbocycles. The first-order valence-electron chi connectivity index (χ1n) is 11.8. The van der Waals surface area contributed by atoms with Gasteiger partial charge in [-0.15, -0.1) is 0 Å². The molecule has 188 valence electrons. The number of aliphatic hydroxyl groups excluding tert-OH is 1. The van der Waals surface area contributed by atoms with Crippen LogP contribution in [-0.2, 0) is 9.59 Å². The average molecular weight is 499 g/mol. The molecule has 0 aliphatic carbocycles. The number of carbonyl (C=O) groups excluding carboxylic acids is 2. The highest BCUT2D eigenvalue weighted by Crippen LogP contribution is 2.44. The van der Waals surface area contributed by atoms with Crippen LogP contribution < -0.4 is 14.4 Å². The maximum Gasteiger partial charge on any atom is 0.300 e. The number of ether oxygens (including phenoxy) is 2. The van der Waals surface area contributed by atoms with Crippen LogP contribution in [0.1, 0.15) is 42.1 Å². The van der Waals surface area contributed by atoms with Gasteiger partial charge in [0.25, 0.3) is 11.7 Å². The first kappa shape index (κ1) is 25.3. The van der Waals surface area contributed by atoms with Gasteiger partial charge in [0.15, 0.2) is 11.5 Å². The van der Waals surface area contributed by atoms with Crippen LogP contribution in [0.3, 0.4) is 0 Å². The van der Waals surface area contributed by atoms with E-state index in [2.05, 4.69) is 0 Å². The Kier molecular flexibility index (Phi) is 7.16. The number of nitriles is 1. The first-order valence-corrected chi connectivity index (χ1v) is 11.8. The third-order valence-electron chi connectivity index (χ3n) is 6.07. The zero-order valence-electron chi connectivity index (χ0n) is 20.7. The van der Waals surface area contributed by atoms with Crippen molar-refractivity contribution in [2.45, 2.75) is 26.8 Å². The molecule has 4 rings (SSSR count). The van der Waals surface area contributed by atoms with Gasteiger partial charge in [-0.05, 0) is 86.5 Å². The number of aromatic hydroxyl groups is 1. The Morgan fingerprint density at radius 2 is 1.65 bits per heavy atom. The number of hydrogen-bond donors (Lipinski definition) is 2. The zero-order valence-corrected chi connectivity index (χ0v) is 20.7. The second-order valence-electron chi connectivity index (χ2n) is 8.40. The Hall–Kier alpha value is -4.77. The number of aliphatic hydroxyl groups is 1. The number of phenols is 1. The van der Waals surface area contributed by atoms with Gasteiger partial charge < -0.3 is 19.7 Å². The summed E-state index contributed by atoms with van der Waals surface area (Å²) in [6.07, 6.45) is 0. The van der Waals surface area contributed by atoms with E-state index in [1.54, 1.807) is 61.5 Å². The standard InChI is InChI=1S/C29H26N2O6/c1-4-36-23-13-9-20(14-17(23)3)27(33)25-26(19-8-12-22(32)24(15-19)37-5-2)31(29(35)28(25)34)21-10-6-18(16-30)7-11-21/h6-15,26,32-33H,4-5H2,1-3H3/b27-25-. The monoisotopic (exact) mass is 498 g/mol. The Balaban J connectivity index is 1.93. The number of phenolic OH excluding ortho intramolecular Hbond substituents is 1. The second kappa shape index (κ2) is 10.5. The van der Waals surface area contributed by atoms with Crippen LogP contribution in [0.2, 0.25) is 0 Å². The Morgan fingerprint density at radius 3 is 2.27 bits per heavy atom. The van der Waals surface area contributed by atoms with Crippen molar-refractivity contribution in [3.8, 4) is 23.3 Å². The molecular formula is C29H26N2O6. The van der Waals surface area contributed by atoms with Crippen LogP contribution in [0.15, 0.2) is 66.2 Å². The van der Waals surface area contributed by atoms with Crippen LogP contribution >= 0.6 is 0 Å². The Bertz CT molecular complexity index is 1440. The van der Waals surface area contributed by atoms with Crippen molar-refractivity contribution in [3.05, 3.63) is 88.5 Å². The number of benzene rings is 3. The molecule has 0 spiro atoms. The zero-order chi connectivity index (χ0) is 26.7. The molecule has 0 saturated carbocycles. The molecule has 3 aromatic rings. The van der Waals surface area contributed by atoms with Crippen molar-refractivity contribution in [2.24, 2.45) is 0 Å². The molecule has 0 bridgehead atoms. The highest BCUT2D eigenvalue weighted by Gasteiger charge is 2.47. The maximum atomic E-state index is 13.4. The number of rotatable bonds is 7. The minimum absolute atomic E-state index is 0.0944. The Morgan fingerprint density at radius 1 is 0.973 bits per heavy atom. The number of hydrogen-bond acceptors (Lipinski definition) is 7. The van der Waals surface area contributed by atoms with Gasteiger partial charge in [-0.1, -0.05) is 6.07 Å². The molecule has 2 N–H and O–H groups in total. The lowest BCUT2D eigenvalue weighted by atomic mass is 9.94. The summed E-state index contributed by atoms with van der Waals surface area (Å²) in [5.41, 5.74) is 2.23. The lowest BCUT2D eigenvalue weighted by Crippen LogP contribution is -2.29. The predicted molar refractivity (Wildman–Crippen MR) is 138 cm³/mol. The van der Waals surface area contributed by atoms with Gasteiger partial charge in [0.2, 0.25) is 0 Å². The summed E-state index contributed by atoms with van der Waals surface area (Å²) >= 11 is 0. The Labute approximate surface area is 214 Å². The number of anilines is 1. The number of nitrogens with zero attached hydrogens (tertiary/aromatic N) is 2. The normalized spacial score (nSPS) is 16.5. The summed E-state index contributed by atoms with van der Waals surface area (Å²) in [5.74, 6) is -1.29. The van der Waals surface area contributed by atoms with Gasteiger partial charge in [-0.2, -0.15) is 5.26 Å². The third kappa shape index (κ3) is 4.71. The van der Waals surface area contributed by atoms with E-state index in [1.165, 1.54) is 11.0 Å². The average Bonchev–Trinajstić information content (AvgIpc) is 3.16. The minimum Gasteiger partial charge on any atom is -0.507 e. The highest BCUT2D eigenvalue weighted by molar-refractivity contribution is 6.51. The molecule has 1 aliphatic heterocycles. The molecule has 1 aliphatic rings. The molecule has 1 unspecified atom stereocenters. The van der Waals surface area contributed by atoms with Gasteiger partial charge >= 0.3 is 0 Å². The second-order valence-corrected chi connectivity index (χ2v) is 8.40. The summed E-state index contributed by atoms with van der Waals surface area (Å²) in [5, 5.41) is 30.8. The first-order chi connectivity index (χ1) is 17.8. The van der Waals surface area contributed by atoms with E-state index < -0.39 is 17.7 Å². The fraction of sp³-hybridized carbons (Fsp3) is 0.207. The van der Waals surface area contributed by atoms with Crippen molar-refractivity contribution in [2.75, 3.05) is 18.1 Å². The van der Waals surface area contributed by atoms with Crippen molar-refractivity contribution < 1.29 is 29.3 Å². The minimum atomic E-state index is -1.01. The fourth-order valence-electron chi connectivity index (χ4n) is 4.35. The van der Waals surface area contributed by atoms with Crippen LogP contribution in [0, 0.1) is 18.3 Å². The fourth-order valence-corrected chi connectivity index (χ4v) is 4.35. The number of aryl methyl sites for hydroxylation is 1. The topological polar surface area (TPSA) is 120 Å². The van der Waals surface area contributed by atoms with Gasteiger partial charge in [-0.3, -0.25) is 14.5 Å². The maximum absolute atomic E-state index is 13.4. The van der Waals surface area contributed by atoms with E-state index >= 15 is 0 Å². The van der Waals surface area contributed by atoms with Crippen LogP contribution in [0.5, 0.6) is 17.2 Å². The molecule has 8 heteroatoms. The SMILES string of the molecule is CCOc1ccc(/C(O)=C2/C(=O)C(=O)N(c3ccc(C#N)cc3)C2c2ccc(O)c(OCC)c2)cc1C. The summed E-state index contributed by atoms with van der Waals surface area (Å²) in [4.78, 5) is 28.0. The molecule has 1 saturated heterocycles. The summed E-state index contributed by atoms with van der Waals surface area (Å²) in [6, 6.07) is 16.8. The van der Waals surface area contributed by atoms with Gasteiger partial charge in [0.05, 0.1) is 36.5 Å². The molecule has 37 heavy (non-hydrogen) atoms. The molecule has 1 heterocycles. The largest absolute Gasteiger partial charge is 0.507 e. The van der Waals surface area contributed by atoms with E-state index in [0.29, 0.717) is 34.7 Å². The molecule has 1 atom stereocenters. The molecule has 1 fully saturated rings. The third-order valence-corrected chi connectivity index (χ3v) is 6.07. The number of Topliss-reactive ketones (excluding diaryl/α,β-unsaturated/α-hetero) is 1. The summed E-state index contributed by atoms with van der Waals surface area (Å²) in [6.45, 7) is 6.22. The predicted octanol–water partition coefficient (Wildman–Crippen LogP) is 5.00. The van der Waals surface area contributed by atoms with Crippen molar-refractivity contribution in [1.29, 1.82) is 5.26 Å². The van der Waals surface area contributed by atoms with Crippen LogP contribution in [0.25, 0.3) is 5.76 Å². The number of amides is 1. The van der Waals surface area contributed by atoms with Crippen molar-refractivity contribution in [1.82, 2.24) is 0 Å². The number of carbonyl (C=O) groups is 2. The lowest BCUT2D eigenvalue weighted by Gasteiger charge is -2.26. The van der Waals surface area contributed by atoms with Gasteiger partial charge in [0.1, 0.15) is 11.5 Å². The molecule has 1 amide bonds. The summed E-state index contributed by atoms with van der Waals surface area (Å²) < 4.78 is 11.1. The molecule has 0 aromatic heterocycles.